The number of nitrogens with one attached hydrogen (secondary N) is 1. The first-order valence-electron chi connectivity index (χ1n) is 10.3. The zero-order chi connectivity index (χ0) is 23.6. The summed E-state index contributed by atoms with van der Waals surface area (Å²) < 4.78 is 24.7. The number of H-pyrrole nitrogens is 1. The van der Waals surface area contributed by atoms with Gasteiger partial charge >= 0.3 is 8.60 Å². The Bertz CT molecular complexity index is 1440. The first-order chi connectivity index (χ1) is 16.5. The lowest BCUT2D eigenvalue weighted by molar-refractivity contribution is -0.0614. The number of aliphatic hydroxyl groups excluding tert-OH is 1. The molecule has 3 N–H and O–H groups in total. The third kappa shape index (κ3) is 3.35. The number of aromatic amines is 1. The van der Waals surface area contributed by atoms with Gasteiger partial charge in [-0.3, -0.25) is 9.36 Å². The Hall–Kier alpha value is -2.51. The molecule has 2 aliphatic heterocycles. The van der Waals surface area contributed by atoms with Crippen LogP contribution in [0.3, 0.4) is 0 Å². The van der Waals surface area contributed by atoms with Crippen LogP contribution in [-0.4, -0.2) is 72.2 Å². The van der Waals surface area contributed by atoms with Gasteiger partial charge < -0.3 is 33.5 Å². The number of benzene rings is 1. The third-order valence-electron chi connectivity index (χ3n) is 5.93. The average Bonchev–Trinajstić information content (AvgIpc) is 3.53. The van der Waals surface area contributed by atoms with Crippen molar-refractivity contribution in [1.82, 2.24) is 23.9 Å². The Morgan fingerprint density at radius 2 is 2.09 bits per heavy atom. The van der Waals surface area contributed by atoms with Gasteiger partial charge in [0.2, 0.25) is 5.78 Å². The largest absolute Gasteiger partial charge is 0.497 e. The van der Waals surface area contributed by atoms with Crippen molar-refractivity contribution in [2.75, 3.05) is 20.0 Å². The van der Waals surface area contributed by atoms with Gasteiger partial charge in [-0.1, -0.05) is 11.8 Å². The molecule has 2 saturated heterocycles. The third-order valence-corrected chi connectivity index (χ3v) is 7.38. The van der Waals surface area contributed by atoms with E-state index in [2.05, 4.69) is 15.0 Å². The summed E-state index contributed by atoms with van der Waals surface area (Å²) in [5, 5.41) is 11.4. The molecule has 0 radical (unpaired) electrons. The van der Waals surface area contributed by atoms with Gasteiger partial charge in [-0.25, -0.2) is 9.38 Å². The SMILES string of the molecule is COc1ccc(-c2cn3c(=O)c4nc(SC)n([C@@H]5OC6COP(O)O[C@H]6C5O)c4nc3[nH]2)cc1. The zero-order valence-electron chi connectivity index (χ0n) is 18.0. The van der Waals surface area contributed by atoms with Gasteiger partial charge in [0.1, 0.15) is 24.1 Å². The normalized spacial score (nSPS) is 26.9. The standard InChI is InChI=1S/C20H20N5O7PS/c1-29-10-5-3-9(4-6-10)11-7-24-17(27)13-16(23-19(24)21-11)25(20(22-13)34-2)18-14(26)15-12(31-18)8-30-33(28)32-15/h3-7,12,14-15,18,26,28H,8H2,1-2H3,(H,21,23)/t12?,14?,15-,18-,33?/m1/s1. The van der Waals surface area contributed by atoms with Crippen LogP contribution in [0.25, 0.3) is 28.2 Å². The van der Waals surface area contributed by atoms with Crippen LogP contribution in [-0.2, 0) is 13.8 Å². The summed E-state index contributed by atoms with van der Waals surface area (Å²) in [6.45, 7) is 0.0871. The summed E-state index contributed by atoms with van der Waals surface area (Å²) in [6.07, 6.45) is 0.109. The molecule has 6 rings (SSSR count). The van der Waals surface area contributed by atoms with Crippen molar-refractivity contribution < 1.29 is 28.5 Å². The first-order valence-corrected chi connectivity index (χ1v) is 12.7. The number of ether oxygens (including phenoxy) is 2. The molecule has 34 heavy (non-hydrogen) atoms. The molecular formula is C20H20N5O7PS. The Kier molecular flexibility index (Phi) is 5.37. The lowest BCUT2D eigenvalue weighted by Crippen LogP contribution is -2.38. The van der Waals surface area contributed by atoms with Crippen molar-refractivity contribution in [3.05, 3.63) is 40.8 Å². The zero-order valence-corrected chi connectivity index (χ0v) is 19.7. The van der Waals surface area contributed by atoms with E-state index in [1.165, 1.54) is 16.2 Å². The fourth-order valence-electron chi connectivity index (χ4n) is 4.27. The number of methoxy groups -OCH3 is 1. The van der Waals surface area contributed by atoms with E-state index >= 15 is 0 Å². The molecule has 178 valence electrons. The molecular weight excluding hydrogens is 485 g/mol. The van der Waals surface area contributed by atoms with Crippen molar-refractivity contribution in [2.45, 2.75) is 29.7 Å². The van der Waals surface area contributed by atoms with Gasteiger partial charge in [-0.15, -0.1) is 0 Å². The number of hydrogen-bond donors (Lipinski definition) is 3. The van der Waals surface area contributed by atoms with E-state index in [9.17, 15) is 14.8 Å². The number of rotatable bonds is 4. The molecule has 2 fully saturated rings. The molecule has 4 aromatic rings. The Balaban J connectivity index is 1.47. The van der Waals surface area contributed by atoms with Gasteiger partial charge in [0.25, 0.3) is 5.56 Å². The van der Waals surface area contributed by atoms with Gasteiger partial charge in [0.05, 0.1) is 19.4 Å². The molecule has 5 atom stereocenters. The van der Waals surface area contributed by atoms with E-state index in [0.717, 1.165) is 11.3 Å². The number of hydrogen-bond acceptors (Lipinski definition) is 10. The van der Waals surface area contributed by atoms with Crippen LogP contribution in [0.4, 0.5) is 0 Å². The van der Waals surface area contributed by atoms with Crippen LogP contribution in [0.1, 0.15) is 6.23 Å². The molecule has 1 aromatic carbocycles. The lowest BCUT2D eigenvalue weighted by Gasteiger charge is -2.27. The van der Waals surface area contributed by atoms with E-state index < -0.39 is 33.1 Å². The summed E-state index contributed by atoms with van der Waals surface area (Å²) in [6, 6.07) is 7.41. The fourth-order valence-corrected chi connectivity index (χ4v) is 5.64. The van der Waals surface area contributed by atoms with Gasteiger partial charge in [-0.05, 0) is 36.1 Å². The molecule has 3 unspecified atom stereocenters. The van der Waals surface area contributed by atoms with E-state index in [4.69, 9.17) is 18.5 Å². The van der Waals surface area contributed by atoms with Crippen molar-refractivity contribution in [3.63, 3.8) is 0 Å². The summed E-state index contributed by atoms with van der Waals surface area (Å²) in [5.41, 5.74) is 1.61. The Labute approximate surface area is 197 Å². The second kappa shape index (κ2) is 8.31. The van der Waals surface area contributed by atoms with Crippen LogP contribution in [0, 0.1) is 0 Å². The van der Waals surface area contributed by atoms with E-state index in [0.29, 0.717) is 16.6 Å². The Morgan fingerprint density at radius 1 is 1.29 bits per heavy atom. The van der Waals surface area contributed by atoms with Crippen LogP contribution >= 0.6 is 20.4 Å². The predicted octanol–water partition coefficient (Wildman–Crippen LogP) is 1.66. The molecule has 0 bridgehead atoms. The average molecular weight is 505 g/mol. The molecule has 0 aliphatic carbocycles. The molecule has 2 aliphatic rings. The minimum atomic E-state index is -2.08. The molecule has 0 saturated carbocycles. The van der Waals surface area contributed by atoms with Crippen LogP contribution in [0.5, 0.6) is 5.75 Å². The van der Waals surface area contributed by atoms with Crippen molar-refractivity contribution in [1.29, 1.82) is 0 Å². The van der Waals surface area contributed by atoms with Gasteiger partial charge in [0, 0.05) is 6.20 Å². The summed E-state index contributed by atoms with van der Waals surface area (Å²) in [7, 11) is -0.478. The van der Waals surface area contributed by atoms with E-state index in [1.54, 1.807) is 17.9 Å². The molecule has 5 heterocycles. The van der Waals surface area contributed by atoms with Crippen molar-refractivity contribution in [3.8, 4) is 17.0 Å². The second-order valence-corrected chi connectivity index (χ2v) is 9.52. The molecule has 3 aromatic heterocycles. The number of aromatic nitrogens is 5. The maximum Gasteiger partial charge on any atom is 0.330 e. The topological polar surface area (TPSA) is 145 Å². The van der Waals surface area contributed by atoms with Gasteiger partial charge in [-0.2, -0.15) is 4.98 Å². The molecule has 12 nitrogen and oxygen atoms in total. The highest BCUT2D eigenvalue weighted by molar-refractivity contribution is 7.98. The molecule has 0 spiro atoms. The first kappa shape index (κ1) is 22.0. The maximum absolute atomic E-state index is 13.3. The second-order valence-electron chi connectivity index (χ2n) is 7.81. The monoisotopic (exact) mass is 505 g/mol. The predicted molar refractivity (Wildman–Crippen MR) is 123 cm³/mol. The number of nitrogens with zero attached hydrogens (tertiary/aromatic N) is 4. The molecule has 14 heteroatoms. The van der Waals surface area contributed by atoms with E-state index in [1.807, 2.05) is 30.5 Å². The van der Waals surface area contributed by atoms with Crippen LogP contribution in [0.15, 0.2) is 40.4 Å². The van der Waals surface area contributed by atoms with Crippen molar-refractivity contribution in [2.24, 2.45) is 0 Å². The fraction of sp³-hybridized carbons (Fsp3) is 0.350. The van der Waals surface area contributed by atoms with E-state index in [-0.39, 0.29) is 23.3 Å². The number of imidazole rings is 2. The highest BCUT2D eigenvalue weighted by atomic mass is 32.2. The quantitative estimate of drug-likeness (QED) is 0.277. The smallest absolute Gasteiger partial charge is 0.330 e. The summed E-state index contributed by atoms with van der Waals surface area (Å²) >= 11 is 1.30. The van der Waals surface area contributed by atoms with Crippen LogP contribution in [0.2, 0.25) is 0 Å². The summed E-state index contributed by atoms with van der Waals surface area (Å²) in [4.78, 5) is 35.4. The highest BCUT2D eigenvalue weighted by Crippen LogP contribution is 2.47. The molecule has 0 amide bonds. The minimum Gasteiger partial charge on any atom is -0.497 e. The number of fused-ring (bicyclic) bond motifs is 3. The number of aliphatic hydroxyl groups is 1. The van der Waals surface area contributed by atoms with Gasteiger partial charge in [0.15, 0.2) is 22.5 Å². The maximum atomic E-state index is 13.3. The lowest BCUT2D eigenvalue weighted by atomic mass is 10.1. The highest BCUT2D eigenvalue weighted by Gasteiger charge is 2.50. The van der Waals surface area contributed by atoms with Crippen molar-refractivity contribution >= 4 is 37.3 Å². The minimum absolute atomic E-state index is 0.0871. The Morgan fingerprint density at radius 3 is 2.82 bits per heavy atom. The number of thioether (sulfide) groups is 1. The summed E-state index contributed by atoms with van der Waals surface area (Å²) in [5.74, 6) is 1.04. The van der Waals surface area contributed by atoms with Crippen LogP contribution < -0.4 is 10.3 Å².